The number of hydrogen-bond donors (Lipinski definition) is 1. The van der Waals surface area contributed by atoms with Crippen molar-refractivity contribution in [1.82, 2.24) is 15.1 Å². The zero-order valence-corrected chi connectivity index (χ0v) is 13.6. The Bertz CT molecular complexity index is 685. The van der Waals surface area contributed by atoms with Gasteiger partial charge in [-0.1, -0.05) is 25.0 Å². The maximum atomic E-state index is 13.2. The van der Waals surface area contributed by atoms with E-state index < -0.39 is 5.54 Å². The average Bonchev–Trinajstić information content (AvgIpc) is 3.17. The second-order valence-corrected chi connectivity index (χ2v) is 6.55. The van der Waals surface area contributed by atoms with Gasteiger partial charge in [-0.25, -0.2) is 4.39 Å². The molecule has 1 N–H and O–H groups in total. The molecule has 1 amide bonds. The molecule has 1 heterocycles. The third kappa shape index (κ3) is 3.14. The van der Waals surface area contributed by atoms with Crippen LogP contribution in [0, 0.1) is 5.82 Å². The quantitative estimate of drug-likeness (QED) is 0.933. The largest absolute Gasteiger partial charge is 0.342 e. The molecule has 0 bridgehead atoms. The number of benzene rings is 1. The highest BCUT2D eigenvalue weighted by molar-refractivity contribution is 5.94. The number of hydrogen-bond acceptors (Lipinski definition) is 2. The highest BCUT2D eigenvalue weighted by Gasteiger charge is 2.37. The zero-order valence-electron chi connectivity index (χ0n) is 13.6. The molecule has 0 spiro atoms. The van der Waals surface area contributed by atoms with Crippen LogP contribution in [0.4, 0.5) is 4.39 Å². The van der Waals surface area contributed by atoms with E-state index in [1.807, 2.05) is 13.8 Å². The molecule has 0 unspecified atom stereocenters. The van der Waals surface area contributed by atoms with Gasteiger partial charge >= 0.3 is 0 Å². The molecule has 1 aromatic heterocycles. The van der Waals surface area contributed by atoms with Crippen molar-refractivity contribution in [2.75, 3.05) is 0 Å². The third-order valence-corrected chi connectivity index (χ3v) is 4.60. The van der Waals surface area contributed by atoms with E-state index >= 15 is 0 Å². The monoisotopic (exact) mass is 315 g/mol. The van der Waals surface area contributed by atoms with Gasteiger partial charge in [-0.2, -0.15) is 5.10 Å². The molecule has 0 saturated heterocycles. The van der Waals surface area contributed by atoms with Gasteiger partial charge in [0.2, 0.25) is 0 Å². The van der Waals surface area contributed by atoms with Crippen molar-refractivity contribution in [3.05, 3.63) is 53.6 Å². The summed E-state index contributed by atoms with van der Waals surface area (Å²) in [6.45, 7) is 4.04. The number of carbonyl (C=O) groups excluding carboxylic acids is 1. The molecule has 1 aromatic carbocycles. The van der Waals surface area contributed by atoms with E-state index in [2.05, 4.69) is 10.4 Å². The number of halogens is 1. The lowest BCUT2D eigenvalue weighted by molar-refractivity contribution is 0.0898. The highest BCUT2D eigenvalue weighted by atomic mass is 19.1. The number of nitrogens with zero attached hydrogens (tertiary/aromatic N) is 2. The fourth-order valence-corrected chi connectivity index (χ4v) is 3.26. The molecule has 1 fully saturated rings. The maximum Gasteiger partial charge on any atom is 0.255 e. The molecule has 1 aliphatic carbocycles. The van der Waals surface area contributed by atoms with Crippen LogP contribution in [0.2, 0.25) is 0 Å². The molecule has 3 rings (SSSR count). The van der Waals surface area contributed by atoms with E-state index in [4.69, 9.17) is 0 Å². The topological polar surface area (TPSA) is 46.9 Å². The van der Waals surface area contributed by atoms with Gasteiger partial charge < -0.3 is 5.32 Å². The van der Waals surface area contributed by atoms with Gasteiger partial charge in [0.05, 0.1) is 17.3 Å². The number of amides is 1. The van der Waals surface area contributed by atoms with Gasteiger partial charge in [-0.15, -0.1) is 0 Å². The van der Waals surface area contributed by atoms with Crippen molar-refractivity contribution in [2.24, 2.45) is 0 Å². The first-order chi connectivity index (χ1) is 11.0. The Balaban J connectivity index is 1.84. The van der Waals surface area contributed by atoms with E-state index in [1.165, 1.54) is 12.1 Å². The predicted molar refractivity (Wildman–Crippen MR) is 86.6 cm³/mol. The molecule has 23 heavy (non-hydrogen) atoms. The van der Waals surface area contributed by atoms with Crippen LogP contribution in [-0.2, 0) is 5.54 Å². The Labute approximate surface area is 135 Å². The smallest absolute Gasteiger partial charge is 0.255 e. The average molecular weight is 315 g/mol. The second-order valence-electron chi connectivity index (χ2n) is 6.55. The SMILES string of the molecule is CC(C)n1cc(C(=O)NC2(c3ccc(F)cc3)CCCC2)cn1. The van der Waals surface area contributed by atoms with Crippen molar-refractivity contribution >= 4 is 5.91 Å². The highest BCUT2D eigenvalue weighted by Crippen LogP contribution is 2.39. The standard InChI is InChI=1S/C18H22FN3O/c1-13(2)22-12-14(11-20-22)17(23)21-18(9-3-4-10-18)15-5-7-16(19)8-6-15/h5-8,11-13H,3-4,9-10H2,1-2H3,(H,21,23). The molecule has 0 aliphatic heterocycles. The molecular weight excluding hydrogens is 293 g/mol. The summed E-state index contributed by atoms with van der Waals surface area (Å²) in [5, 5.41) is 7.41. The summed E-state index contributed by atoms with van der Waals surface area (Å²) in [6, 6.07) is 6.68. The summed E-state index contributed by atoms with van der Waals surface area (Å²) in [5.74, 6) is -0.380. The molecule has 0 atom stereocenters. The summed E-state index contributed by atoms with van der Waals surface area (Å²) in [6.07, 6.45) is 7.24. The minimum atomic E-state index is -0.398. The molecular formula is C18H22FN3O. The second kappa shape index (κ2) is 6.14. The van der Waals surface area contributed by atoms with Crippen molar-refractivity contribution < 1.29 is 9.18 Å². The number of rotatable bonds is 4. The van der Waals surface area contributed by atoms with Crippen LogP contribution >= 0.6 is 0 Å². The Kier molecular flexibility index (Phi) is 4.20. The van der Waals surface area contributed by atoms with Crippen LogP contribution in [0.25, 0.3) is 0 Å². The van der Waals surface area contributed by atoms with E-state index in [0.29, 0.717) is 5.56 Å². The molecule has 122 valence electrons. The van der Waals surface area contributed by atoms with Crippen LogP contribution in [0.15, 0.2) is 36.7 Å². The fourth-order valence-electron chi connectivity index (χ4n) is 3.26. The number of aromatic nitrogens is 2. The summed E-state index contributed by atoms with van der Waals surface area (Å²) < 4.78 is 15.0. The molecule has 1 aliphatic rings. The molecule has 0 radical (unpaired) electrons. The summed E-state index contributed by atoms with van der Waals surface area (Å²) in [5.41, 5.74) is 1.14. The summed E-state index contributed by atoms with van der Waals surface area (Å²) in [4.78, 5) is 12.6. The van der Waals surface area contributed by atoms with Crippen LogP contribution in [-0.4, -0.2) is 15.7 Å². The van der Waals surface area contributed by atoms with Crippen LogP contribution in [0.5, 0.6) is 0 Å². The minimum Gasteiger partial charge on any atom is -0.342 e. The van der Waals surface area contributed by atoms with E-state index in [1.54, 1.807) is 29.2 Å². The van der Waals surface area contributed by atoms with E-state index in [9.17, 15) is 9.18 Å². The maximum absolute atomic E-state index is 13.2. The fraction of sp³-hybridized carbons (Fsp3) is 0.444. The van der Waals surface area contributed by atoms with Crippen molar-refractivity contribution in [3.8, 4) is 0 Å². The Hall–Kier alpha value is -2.17. The van der Waals surface area contributed by atoms with Gasteiger partial charge in [0.25, 0.3) is 5.91 Å². The summed E-state index contributed by atoms with van der Waals surface area (Å²) in [7, 11) is 0. The van der Waals surface area contributed by atoms with Crippen LogP contribution in [0.1, 0.15) is 61.5 Å². The van der Waals surface area contributed by atoms with Crippen molar-refractivity contribution in [1.29, 1.82) is 0 Å². The number of carbonyl (C=O) groups is 1. The molecule has 1 saturated carbocycles. The first-order valence-electron chi connectivity index (χ1n) is 8.13. The van der Waals surface area contributed by atoms with Gasteiger partial charge in [-0.3, -0.25) is 9.48 Å². The Morgan fingerprint density at radius 3 is 2.48 bits per heavy atom. The Morgan fingerprint density at radius 1 is 1.26 bits per heavy atom. The molecule has 4 nitrogen and oxygen atoms in total. The third-order valence-electron chi connectivity index (χ3n) is 4.60. The van der Waals surface area contributed by atoms with Gasteiger partial charge in [0, 0.05) is 12.2 Å². The lowest BCUT2D eigenvalue weighted by atomic mass is 9.88. The normalized spacial score (nSPS) is 16.7. The molecule has 2 aromatic rings. The minimum absolute atomic E-state index is 0.122. The van der Waals surface area contributed by atoms with Gasteiger partial charge in [0.1, 0.15) is 5.82 Å². The molecule has 5 heteroatoms. The zero-order chi connectivity index (χ0) is 16.4. The van der Waals surface area contributed by atoms with Gasteiger partial charge in [-0.05, 0) is 44.4 Å². The first-order valence-corrected chi connectivity index (χ1v) is 8.13. The number of nitrogens with one attached hydrogen (secondary N) is 1. The first kappa shape index (κ1) is 15.7. The van der Waals surface area contributed by atoms with Crippen LogP contribution in [0.3, 0.4) is 0 Å². The van der Waals surface area contributed by atoms with Crippen LogP contribution < -0.4 is 5.32 Å². The van der Waals surface area contributed by atoms with E-state index in [-0.39, 0.29) is 17.8 Å². The lowest BCUT2D eigenvalue weighted by Crippen LogP contribution is -2.43. The predicted octanol–water partition coefficient (Wildman–Crippen LogP) is 3.80. The van der Waals surface area contributed by atoms with E-state index in [0.717, 1.165) is 31.2 Å². The summed E-state index contributed by atoms with van der Waals surface area (Å²) >= 11 is 0. The van der Waals surface area contributed by atoms with Crippen molar-refractivity contribution in [2.45, 2.75) is 51.1 Å². The lowest BCUT2D eigenvalue weighted by Gasteiger charge is -2.31. The van der Waals surface area contributed by atoms with Crippen molar-refractivity contribution in [3.63, 3.8) is 0 Å². The Morgan fingerprint density at radius 2 is 1.91 bits per heavy atom. The van der Waals surface area contributed by atoms with Gasteiger partial charge in [0.15, 0.2) is 0 Å².